The van der Waals surface area contributed by atoms with Gasteiger partial charge < -0.3 is 15.5 Å². The van der Waals surface area contributed by atoms with Crippen LogP contribution in [0.15, 0.2) is 18.2 Å². The fraction of sp³-hybridized carbons (Fsp3) is 0.533. The summed E-state index contributed by atoms with van der Waals surface area (Å²) in [6, 6.07) is 6.58. The van der Waals surface area contributed by atoms with Crippen LogP contribution in [0, 0.1) is 0 Å². The fourth-order valence-corrected chi connectivity index (χ4v) is 2.74. The Morgan fingerprint density at radius 3 is 2.95 bits per heavy atom. The zero-order valence-electron chi connectivity index (χ0n) is 11.4. The zero-order chi connectivity index (χ0) is 13.2. The van der Waals surface area contributed by atoms with Crippen molar-refractivity contribution in [3.63, 3.8) is 0 Å². The van der Waals surface area contributed by atoms with Crippen molar-refractivity contribution in [1.29, 1.82) is 0 Å². The molecule has 1 aromatic carbocycles. The Labute approximate surface area is 113 Å². The molecule has 102 valence electrons. The van der Waals surface area contributed by atoms with Crippen LogP contribution in [0.3, 0.4) is 0 Å². The largest absolute Gasteiger partial charge is 0.381 e. The molecule has 1 fully saturated rings. The molecular weight excluding hydrogens is 238 g/mol. The van der Waals surface area contributed by atoms with Gasteiger partial charge in [0.1, 0.15) is 5.82 Å². The number of hydrogen-bond donors (Lipinski definition) is 2. The maximum absolute atomic E-state index is 5.85. The predicted molar refractivity (Wildman–Crippen MR) is 76.2 cm³/mol. The number of benzene rings is 1. The fourth-order valence-electron chi connectivity index (χ4n) is 2.74. The number of H-pyrrole nitrogens is 1. The van der Waals surface area contributed by atoms with E-state index in [4.69, 9.17) is 15.5 Å². The minimum absolute atomic E-state index is 0.190. The molecule has 4 nitrogen and oxygen atoms in total. The van der Waals surface area contributed by atoms with Gasteiger partial charge in [-0.25, -0.2) is 4.98 Å². The van der Waals surface area contributed by atoms with E-state index in [0.29, 0.717) is 5.92 Å². The van der Waals surface area contributed by atoms with E-state index in [1.807, 2.05) is 6.92 Å². The second-order valence-electron chi connectivity index (χ2n) is 5.54. The van der Waals surface area contributed by atoms with Gasteiger partial charge in [0.2, 0.25) is 0 Å². The number of nitrogens with two attached hydrogens (primary N) is 1. The van der Waals surface area contributed by atoms with E-state index in [1.54, 1.807) is 0 Å². The number of ether oxygens (including phenoxy) is 1. The molecule has 19 heavy (non-hydrogen) atoms. The van der Waals surface area contributed by atoms with E-state index in [-0.39, 0.29) is 6.04 Å². The summed E-state index contributed by atoms with van der Waals surface area (Å²) in [6.45, 7) is 3.72. The smallest absolute Gasteiger partial charge is 0.110 e. The van der Waals surface area contributed by atoms with Crippen LogP contribution in [-0.4, -0.2) is 29.2 Å². The van der Waals surface area contributed by atoms with E-state index in [1.165, 1.54) is 5.56 Å². The molecule has 1 aliphatic rings. The number of aromatic amines is 1. The lowest BCUT2D eigenvalue weighted by Crippen LogP contribution is -2.17. The van der Waals surface area contributed by atoms with Crippen LogP contribution in [-0.2, 0) is 11.2 Å². The lowest BCUT2D eigenvalue weighted by molar-refractivity contribution is 0.0838. The summed E-state index contributed by atoms with van der Waals surface area (Å²) >= 11 is 0. The molecule has 1 aliphatic heterocycles. The summed E-state index contributed by atoms with van der Waals surface area (Å²) in [4.78, 5) is 8.19. The quantitative estimate of drug-likeness (QED) is 0.889. The summed E-state index contributed by atoms with van der Waals surface area (Å²) < 4.78 is 5.40. The summed E-state index contributed by atoms with van der Waals surface area (Å²) in [5.74, 6) is 1.62. The summed E-state index contributed by atoms with van der Waals surface area (Å²) in [5.41, 5.74) is 9.29. The molecule has 3 rings (SSSR count). The van der Waals surface area contributed by atoms with Crippen molar-refractivity contribution in [1.82, 2.24) is 9.97 Å². The number of fused-ring (bicyclic) bond motifs is 1. The molecule has 1 atom stereocenters. The van der Waals surface area contributed by atoms with Crippen LogP contribution in [0.5, 0.6) is 0 Å². The van der Waals surface area contributed by atoms with Gasteiger partial charge in [-0.2, -0.15) is 0 Å². The Balaban J connectivity index is 1.87. The first kappa shape index (κ1) is 12.6. The van der Waals surface area contributed by atoms with Crippen molar-refractivity contribution in [2.45, 2.75) is 38.1 Å². The van der Waals surface area contributed by atoms with Crippen molar-refractivity contribution in [3.05, 3.63) is 29.6 Å². The monoisotopic (exact) mass is 259 g/mol. The summed E-state index contributed by atoms with van der Waals surface area (Å²) in [5, 5.41) is 0. The van der Waals surface area contributed by atoms with E-state index in [9.17, 15) is 0 Å². The Morgan fingerprint density at radius 1 is 1.42 bits per heavy atom. The first-order chi connectivity index (χ1) is 9.22. The molecule has 1 saturated heterocycles. The van der Waals surface area contributed by atoms with Gasteiger partial charge in [0, 0.05) is 25.2 Å². The van der Waals surface area contributed by atoms with E-state index < -0.39 is 0 Å². The number of aromatic nitrogens is 2. The minimum atomic E-state index is 0.190. The SMILES string of the molecule is CC(N)Cc1ccc2nc(C3CCOCC3)[nH]c2c1. The Morgan fingerprint density at radius 2 is 2.21 bits per heavy atom. The molecule has 0 saturated carbocycles. The molecule has 0 radical (unpaired) electrons. The van der Waals surface area contributed by atoms with Gasteiger partial charge in [-0.1, -0.05) is 6.07 Å². The Hall–Kier alpha value is -1.39. The molecule has 2 heterocycles. The standard InChI is InChI=1S/C15H21N3O/c1-10(16)8-11-2-3-13-14(9-11)18-15(17-13)12-4-6-19-7-5-12/h2-3,9-10,12H,4-8,16H2,1H3,(H,17,18). The van der Waals surface area contributed by atoms with Gasteiger partial charge in [0.25, 0.3) is 0 Å². The molecule has 3 N–H and O–H groups in total. The summed E-state index contributed by atoms with van der Waals surface area (Å²) in [6.07, 6.45) is 3.03. The number of nitrogens with zero attached hydrogens (tertiary/aromatic N) is 1. The van der Waals surface area contributed by atoms with Crippen molar-refractivity contribution in [2.75, 3.05) is 13.2 Å². The van der Waals surface area contributed by atoms with Crippen LogP contribution in [0.1, 0.15) is 37.1 Å². The van der Waals surface area contributed by atoms with Gasteiger partial charge >= 0.3 is 0 Å². The van der Waals surface area contributed by atoms with Crippen LogP contribution in [0.4, 0.5) is 0 Å². The van der Waals surface area contributed by atoms with Crippen LogP contribution < -0.4 is 5.73 Å². The number of hydrogen-bond acceptors (Lipinski definition) is 3. The van der Waals surface area contributed by atoms with Gasteiger partial charge in [-0.3, -0.25) is 0 Å². The van der Waals surface area contributed by atoms with Gasteiger partial charge in [0.05, 0.1) is 11.0 Å². The van der Waals surface area contributed by atoms with Crippen molar-refractivity contribution in [3.8, 4) is 0 Å². The third-order valence-electron chi connectivity index (χ3n) is 3.73. The van der Waals surface area contributed by atoms with E-state index >= 15 is 0 Å². The number of nitrogens with one attached hydrogen (secondary N) is 1. The second kappa shape index (κ2) is 5.31. The normalized spacial score (nSPS) is 18.8. The highest BCUT2D eigenvalue weighted by Crippen LogP contribution is 2.26. The topological polar surface area (TPSA) is 63.9 Å². The van der Waals surface area contributed by atoms with Crippen LogP contribution >= 0.6 is 0 Å². The first-order valence-corrected chi connectivity index (χ1v) is 7.04. The molecule has 1 unspecified atom stereocenters. The molecule has 1 aromatic heterocycles. The molecule has 0 amide bonds. The van der Waals surface area contributed by atoms with Crippen molar-refractivity contribution in [2.24, 2.45) is 5.73 Å². The average Bonchev–Trinajstić information content (AvgIpc) is 2.82. The highest BCUT2D eigenvalue weighted by Gasteiger charge is 2.19. The number of rotatable bonds is 3. The Kier molecular flexibility index (Phi) is 3.53. The molecule has 4 heteroatoms. The van der Waals surface area contributed by atoms with Crippen LogP contribution in [0.2, 0.25) is 0 Å². The number of imidazole rings is 1. The maximum atomic E-state index is 5.85. The first-order valence-electron chi connectivity index (χ1n) is 7.04. The van der Waals surface area contributed by atoms with Crippen molar-refractivity contribution >= 4 is 11.0 Å². The molecule has 0 bridgehead atoms. The minimum Gasteiger partial charge on any atom is -0.381 e. The lowest BCUT2D eigenvalue weighted by Gasteiger charge is -2.19. The van der Waals surface area contributed by atoms with E-state index in [0.717, 1.165) is 49.3 Å². The summed E-state index contributed by atoms with van der Waals surface area (Å²) in [7, 11) is 0. The Bertz CT molecular complexity index is 556. The molecule has 0 aliphatic carbocycles. The maximum Gasteiger partial charge on any atom is 0.110 e. The average molecular weight is 259 g/mol. The molecule has 2 aromatic rings. The van der Waals surface area contributed by atoms with Crippen LogP contribution in [0.25, 0.3) is 11.0 Å². The highest BCUT2D eigenvalue weighted by molar-refractivity contribution is 5.76. The lowest BCUT2D eigenvalue weighted by atomic mass is 10.00. The van der Waals surface area contributed by atoms with Gasteiger partial charge in [0.15, 0.2) is 0 Å². The highest BCUT2D eigenvalue weighted by atomic mass is 16.5. The molecule has 0 spiro atoms. The molecular formula is C15H21N3O. The third kappa shape index (κ3) is 2.80. The van der Waals surface area contributed by atoms with Crippen molar-refractivity contribution < 1.29 is 4.74 Å². The zero-order valence-corrected chi connectivity index (χ0v) is 11.4. The third-order valence-corrected chi connectivity index (χ3v) is 3.73. The van der Waals surface area contributed by atoms with E-state index in [2.05, 4.69) is 23.2 Å². The van der Waals surface area contributed by atoms with Gasteiger partial charge in [-0.15, -0.1) is 0 Å². The predicted octanol–water partition coefficient (Wildman–Crippen LogP) is 2.35. The van der Waals surface area contributed by atoms with Gasteiger partial charge in [-0.05, 0) is 43.9 Å². The second-order valence-corrected chi connectivity index (χ2v) is 5.54.